The highest BCUT2D eigenvalue weighted by atomic mass is 32.2. The van der Waals surface area contributed by atoms with Gasteiger partial charge in [0.2, 0.25) is 10.0 Å². The van der Waals surface area contributed by atoms with Crippen molar-refractivity contribution >= 4 is 27.6 Å². The second-order valence-electron chi connectivity index (χ2n) is 7.57. The van der Waals surface area contributed by atoms with Gasteiger partial charge in [0.05, 0.1) is 17.5 Å². The summed E-state index contributed by atoms with van der Waals surface area (Å²) in [5.41, 5.74) is 3.09. The third kappa shape index (κ3) is 5.82. The number of nitrogens with one attached hydrogen (secondary N) is 1. The highest BCUT2D eigenvalue weighted by Crippen LogP contribution is 2.30. The number of amides is 1. The van der Waals surface area contributed by atoms with Crippen molar-refractivity contribution in [2.75, 3.05) is 30.3 Å². The van der Waals surface area contributed by atoms with Crippen LogP contribution < -0.4 is 9.62 Å². The molecular formula is C21H28N2O5S. The van der Waals surface area contributed by atoms with E-state index in [0.29, 0.717) is 37.2 Å². The number of anilines is 1. The summed E-state index contributed by atoms with van der Waals surface area (Å²) >= 11 is 0. The van der Waals surface area contributed by atoms with Gasteiger partial charge in [-0.25, -0.2) is 13.2 Å². The van der Waals surface area contributed by atoms with E-state index in [4.69, 9.17) is 4.74 Å². The Morgan fingerprint density at radius 3 is 2.72 bits per heavy atom. The van der Waals surface area contributed by atoms with Gasteiger partial charge in [0.15, 0.2) is 6.61 Å². The van der Waals surface area contributed by atoms with E-state index in [-0.39, 0.29) is 12.5 Å². The SMILES string of the molecule is CS(=O)(=O)N1CCCc2cc(C(=O)OCC(=O)NCCC3=CCCCC3)ccc21. The van der Waals surface area contributed by atoms with Gasteiger partial charge in [0.25, 0.3) is 5.91 Å². The van der Waals surface area contributed by atoms with E-state index in [1.807, 2.05) is 0 Å². The van der Waals surface area contributed by atoms with E-state index in [0.717, 1.165) is 24.8 Å². The predicted molar refractivity (Wildman–Crippen MR) is 111 cm³/mol. The van der Waals surface area contributed by atoms with Crippen LogP contribution in [0.1, 0.15) is 54.4 Å². The summed E-state index contributed by atoms with van der Waals surface area (Å²) in [7, 11) is -3.35. The number of fused-ring (bicyclic) bond motifs is 1. The first kappa shape index (κ1) is 21.4. The van der Waals surface area contributed by atoms with Crippen LogP contribution in [-0.4, -0.2) is 46.2 Å². The topological polar surface area (TPSA) is 92.8 Å². The maximum atomic E-state index is 12.3. The van der Waals surface area contributed by atoms with Gasteiger partial charge >= 0.3 is 5.97 Å². The van der Waals surface area contributed by atoms with Gasteiger partial charge in [-0.05, 0) is 68.7 Å². The van der Waals surface area contributed by atoms with E-state index in [1.54, 1.807) is 12.1 Å². The molecule has 1 aromatic rings. The Morgan fingerprint density at radius 2 is 2.00 bits per heavy atom. The number of esters is 1. The molecule has 0 radical (unpaired) electrons. The van der Waals surface area contributed by atoms with Crippen molar-refractivity contribution in [1.29, 1.82) is 0 Å². The molecule has 0 saturated heterocycles. The molecule has 8 heteroatoms. The van der Waals surface area contributed by atoms with E-state index in [1.165, 1.54) is 35.0 Å². The van der Waals surface area contributed by atoms with Gasteiger partial charge in [-0.15, -0.1) is 0 Å². The van der Waals surface area contributed by atoms with Crippen molar-refractivity contribution in [2.45, 2.75) is 44.9 Å². The van der Waals surface area contributed by atoms with Crippen molar-refractivity contribution in [2.24, 2.45) is 0 Å². The van der Waals surface area contributed by atoms with Crippen LogP contribution >= 0.6 is 0 Å². The normalized spacial score (nSPS) is 16.6. The molecule has 1 heterocycles. The highest BCUT2D eigenvalue weighted by molar-refractivity contribution is 7.92. The number of aryl methyl sites for hydroxylation is 1. The summed E-state index contributed by atoms with van der Waals surface area (Å²) in [5.74, 6) is -0.912. The number of carbonyl (C=O) groups excluding carboxylic acids is 2. The number of benzene rings is 1. The Labute approximate surface area is 172 Å². The van der Waals surface area contributed by atoms with Crippen LogP contribution in [0.3, 0.4) is 0 Å². The number of nitrogens with zero attached hydrogens (tertiary/aromatic N) is 1. The van der Waals surface area contributed by atoms with E-state index in [9.17, 15) is 18.0 Å². The molecule has 3 rings (SSSR count). The summed E-state index contributed by atoms with van der Waals surface area (Å²) < 4.78 is 30.3. The van der Waals surface area contributed by atoms with Crippen molar-refractivity contribution in [1.82, 2.24) is 5.32 Å². The molecular weight excluding hydrogens is 392 g/mol. The lowest BCUT2D eigenvalue weighted by Crippen LogP contribution is -2.34. The lowest BCUT2D eigenvalue weighted by atomic mass is 9.97. The van der Waals surface area contributed by atoms with Gasteiger partial charge in [0, 0.05) is 13.1 Å². The number of ether oxygens (including phenoxy) is 1. The monoisotopic (exact) mass is 420 g/mol. The Hall–Kier alpha value is -2.35. The standard InChI is InChI=1S/C21H28N2O5S/c1-29(26,27)23-13-5-8-17-14-18(9-10-19(17)23)21(25)28-15-20(24)22-12-11-16-6-3-2-4-7-16/h6,9-10,14H,2-5,7-8,11-13,15H2,1H3,(H,22,24). The first-order chi connectivity index (χ1) is 13.8. The predicted octanol–water partition coefficient (Wildman–Crippen LogP) is 2.56. The maximum Gasteiger partial charge on any atom is 0.338 e. The molecule has 0 saturated carbocycles. The van der Waals surface area contributed by atoms with Crippen LogP contribution in [0.15, 0.2) is 29.8 Å². The molecule has 0 atom stereocenters. The van der Waals surface area contributed by atoms with Crippen LogP contribution in [0.4, 0.5) is 5.69 Å². The van der Waals surface area contributed by atoms with Crippen molar-refractivity contribution in [3.05, 3.63) is 41.0 Å². The smallest absolute Gasteiger partial charge is 0.338 e. The van der Waals surface area contributed by atoms with Crippen LogP contribution in [-0.2, 0) is 26.0 Å². The molecule has 1 amide bonds. The fourth-order valence-electron chi connectivity index (χ4n) is 3.79. The molecule has 0 spiro atoms. The van der Waals surface area contributed by atoms with E-state index >= 15 is 0 Å². The molecule has 1 aromatic carbocycles. The minimum atomic E-state index is -3.35. The van der Waals surface area contributed by atoms with Crippen molar-refractivity contribution in [3.63, 3.8) is 0 Å². The first-order valence-electron chi connectivity index (χ1n) is 10.1. The van der Waals surface area contributed by atoms with Gasteiger partial charge in [-0.3, -0.25) is 9.10 Å². The summed E-state index contributed by atoms with van der Waals surface area (Å²) in [5, 5.41) is 2.78. The second-order valence-corrected chi connectivity index (χ2v) is 9.47. The van der Waals surface area contributed by atoms with Gasteiger partial charge in [-0.1, -0.05) is 11.6 Å². The minimum Gasteiger partial charge on any atom is -0.452 e. The molecule has 7 nitrogen and oxygen atoms in total. The number of hydrogen-bond acceptors (Lipinski definition) is 5. The second kappa shape index (κ2) is 9.43. The van der Waals surface area contributed by atoms with Gasteiger partial charge < -0.3 is 10.1 Å². The van der Waals surface area contributed by atoms with Crippen molar-refractivity contribution < 1.29 is 22.7 Å². The fraction of sp³-hybridized carbons (Fsp3) is 0.524. The third-order valence-corrected chi connectivity index (χ3v) is 6.46. The van der Waals surface area contributed by atoms with Crippen LogP contribution in [0, 0.1) is 0 Å². The first-order valence-corrected chi connectivity index (χ1v) is 11.9. The number of hydrogen-bond donors (Lipinski definition) is 1. The molecule has 0 aromatic heterocycles. The quantitative estimate of drug-likeness (QED) is 0.541. The van der Waals surface area contributed by atoms with Crippen LogP contribution in [0.25, 0.3) is 0 Å². The molecule has 1 aliphatic heterocycles. The Balaban J connectivity index is 1.50. The Kier molecular flexibility index (Phi) is 6.95. The average molecular weight is 421 g/mol. The molecule has 2 aliphatic rings. The number of sulfonamides is 1. The molecule has 0 fully saturated rings. The van der Waals surface area contributed by atoms with Crippen LogP contribution in [0.2, 0.25) is 0 Å². The summed E-state index contributed by atoms with van der Waals surface area (Å²) in [6, 6.07) is 4.82. The zero-order chi connectivity index (χ0) is 20.9. The zero-order valence-corrected chi connectivity index (χ0v) is 17.6. The third-order valence-electron chi connectivity index (χ3n) is 5.28. The molecule has 1 N–H and O–H groups in total. The Bertz CT molecular complexity index is 908. The van der Waals surface area contributed by atoms with Gasteiger partial charge in [0.1, 0.15) is 0 Å². The number of carbonyl (C=O) groups is 2. The number of rotatable bonds is 7. The largest absolute Gasteiger partial charge is 0.452 e. The van der Waals surface area contributed by atoms with Crippen molar-refractivity contribution in [3.8, 4) is 0 Å². The highest BCUT2D eigenvalue weighted by Gasteiger charge is 2.25. The molecule has 0 bridgehead atoms. The minimum absolute atomic E-state index is 0.319. The molecule has 1 aliphatic carbocycles. The maximum absolute atomic E-state index is 12.3. The zero-order valence-electron chi connectivity index (χ0n) is 16.8. The van der Waals surface area contributed by atoms with Crippen LogP contribution in [0.5, 0.6) is 0 Å². The average Bonchev–Trinajstić information content (AvgIpc) is 2.71. The lowest BCUT2D eigenvalue weighted by molar-refractivity contribution is -0.124. The number of allylic oxidation sites excluding steroid dienone is 1. The molecule has 0 unspecified atom stereocenters. The lowest BCUT2D eigenvalue weighted by Gasteiger charge is -2.29. The van der Waals surface area contributed by atoms with E-state index in [2.05, 4.69) is 11.4 Å². The Morgan fingerprint density at radius 1 is 1.17 bits per heavy atom. The van der Waals surface area contributed by atoms with Gasteiger partial charge in [-0.2, -0.15) is 0 Å². The molecule has 29 heavy (non-hydrogen) atoms. The summed E-state index contributed by atoms with van der Waals surface area (Å²) in [4.78, 5) is 24.2. The summed E-state index contributed by atoms with van der Waals surface area (Å²) in [6.45, 7) is 0.652. The van der Waals surface area contributed by atoms with E-state index < -0.39 is 16.0 Å². The molecule has 158 valence electrons. The summed E-state index contributed by atoms with van der Waals surface area (Å²) in [6.07, 6.45) is 10.3. The fourth-order valence-corrected chi connectivity index (χ4v) is 4.79.